The zero-order valence-corrected chi connectivity index (χ0v) is 9.76. The Balaban J connectivity index is 1.59. The van der Waals surface area contributed by atoms with Crippen molar-refractivity contribution >= 4 is 5.82 Å². The first kappa shape index (κ1) is 10.2. The van der Waals surface area contributed by atoms with E-state index in [0.29, 0.717) is 0 Å². The fraction of sp³-hybridized carbons (Fsp3) is 0.308. The fourth-order valence-electron chi connectivity index (χ4n) is 2.10. The van der Waals surface area contributed by atoms with Crippen LogP contribution in [0.25, 0.3) is 0 Å². The van der Waals surface area contributed by atoms with E-state index < -0.39 is 0 Å². The molecule has 4 heteroatoms. The van der Waals surface area contributed by atoms with Crippen molar-refractivity contribution in [3.05, 3.63) is 42.1 Å². The second kappa shape index (κ2) is 4.13. The highest BCUT2D eigenvalue weighted by molar-refractivity contribution is 5.38. The lowest BCUT2D eigenvalue weighted by Gasteiger charge is -2.10. The molecule has 2 heterocycles. The maximum Gasteiger partial charge on any atom is 0.148 e. The van der Waals surface area contributed by atoms with Crippen molar-refractivity contribution in [1.82, 2.24) is 9.78 Å². The third-order valence-corrected chi connectivity index (χ3v) is 2.94. The minimum Gasteiger partial charge on any atom is -0.488 e. The average Bonchev–Trinajstić information content (AvgIpc) is 2.91. The second-order valence-electron chi connectivity index (χ2n) is 4.31. The quantitative estimate of drug-likeness (QED) is 0.872. The van der Waals surface area contributed by atoms with E-state index in [2.05, 4.69) is 22.5 Å². The SMILES string of the molecule is Cn1ccc(NCC2Cc3ccccc3O2)n1. The summed E-state index contributed by atoms with van der Waals surface area (Å²) in [6, 6.07) is 10.2. The van der Waals surface area contributed by atoms with Gasteiger partial charge in [-0.1, -0.05) is 18.2 Å². The molecule has 0 aliphatic carbocycles. The minimum atomic E-state index is 0.203. The fourth-order valence-corrected chi connectivity index (χ4v) is 2.10. The number of para-hydroxylation sites is 1. The first-order valence-corrected chi connectivity index (χ1v) is 5.79. The molecule has 1 atom stereocenters. The summed E-state index contributed by atoms with van der Waals surface area (Å²) in [6.45, 7) is 0.783. The summed E-state index contributed by atoms with van der Waals surface area (Å²) in [4.78, 5) is 0. The van der Waals surface area contributed by atoms with Gasteiger partial charge < -0.3 is 10.1 Å². The van der Waals surface area contributed by atoms with Crippen molar-refractivity contribution in [2.75, 3.05) is 11.9 Å². The zero-order chi connectivity index (χ0) is 11.7. The van der Waals surface area contributed by atoms with Crippen molar-refractivity contribution in [2.45, 2.75) is 12.5 Å². The molecular formula is C13H15N3O. The Morgan fingerprint density at radius 1 is 1.41 bits per heavy atom. The molecule has 3 rings (SSSR count). The van der Waals surface area contributed by atoms with Crippen LogP contribution in [-0.2, 0) is 13.5 Å². The summed E-state index contributed by atoms with van der Waals surface area (Å²) in [6.07, 6.45) is 3.09. The Kier molecular flexibility index (Phi) is 2.48. The summed E-state index contributed by atoms with van der Waals surface area (Å²) in [5, 5.41) is 7.56. The van der Waals surface area contributed by atoms with Gasteiger partial charge >= 0.3 is 0 Å². The van der Waals surface area contributed by atoms with Gasteiger partial charge in [0.05, 0.1) is 6.54 Å². The highest BCUT2D eigenvalue weighted by Gasteiger charge is 2.21. The number of nitrogens with zero attached hydrogens (tertiary/aromatic N) is 2. The smallest absolute Gasteiger partial charge is 0.148 e. The van der Waals surface area contributed by atoms with Crippen LogP contribution >= 0.6 is 0 Å². The summed E-state index contributed by atoms with van der Waals surface area (Å²) in [5.74, 6) is 1.91. The molecule has 1 aromatic carbocycles. The van der Waals surface area contributed by atoms with Crippen molar-refractivity contribution in [3.8, 4) is 5.75 Å². The summed E-state index contributed by atoms with van der Waals surface area (Å²) >= 11 is 0. The number of anilines is 1. The van der Waals surface area contributed by atoms with Gasteiger partial charge in [-0.2, -0.15) is 5.10 Å². The zero-order valence-electron chi connectivity index (χ0n) is 9.76. The largest absolute Gasteiger partial charge is 0.488 e. The first-order chi connectivity index (χ1) is 8.31. The van der Waals surface area contributed by atoms with E-state index >= 15 is 0 Å². The number of fused-ring (bicyclic) bond motifs is 1. The minimum absolute atomic E-state index is 0.203. The maximum atomic E-state index is 5.84. The lowest BCUT2D eigenvalue weighted by atomic mass is 10.1. The molecule has 2 aromatic rings. The molecule has 1 aliphatic heterocycles. The van der Waals surface area contributed by atoms with Crippen LogP contribution in [0.2, 0.25) is 0 Å². The van der Waals surface area contributed by atoms with E-state index in [0.717, 1.165) is 24.5 Å². The standard InChI is InChI=1S/C13H15N3O/c1-16-7-6-13(15-16)14-9-11-8-10-4-2-3-5-12(10)17-11/h2-7,11H,8-9H2,1H3,(H,14,15). The topological polar surface area (TPSA) is 39.1 Å². The molecule has 0 bridgehead atoms. The van der Waals surface area contributed by atoms with Crippen molar-refractivity contribution < 1.29 is 4.74 Å². The first-order valence-electron chi connectivity index (χ1n) is 5.79. The van der Waals surface area contributed by atoms with Crippen LogP contribution < -0.4 is 10.1 Å². The molecule has 0 spiro atoms. The number of benzene rings is 1. The molecule has 1 N–H and O–H groups in total. The van der Waals surface area contributed by atoms with Gasteiger partial charge in [0.15, 0.2) is 0 Å². The van der Waals surface area contributed by atoms with Crippen LogP contribution in [0.1, 0.15) is 5.56 Å². The Hall–Kier alpha value is -1.97. The monoisotopic (exact) mass is 229 g/mol. The van der Waals surface area contributed by atoms with Gasteiger partial charge in [0.1, 0.15) is 17.7 Å². The van der Waals surface area contributed by atoms with Crippen molar-refractivity contribution in [2.24, 2.45) is 7.05 Å². The number of hydrogen-bond donors (Lipinski definition) is 1. The Morgan fingerprint density at radius 2 is 2.29 bits per heavy atom. The molecule has 0 saturated heterocycles. The van der Waals surface area contributed by atoms with E-state index in [1.807, 2.05) is 31.4 Å². The van der Waals surface area contributed by atoms with Crippen LogP contribution in [-0.4, -0.2) is 22.4 Å². The highest BCUT2D eigenvalue weighted by Crippen LogP contribution is 2.28. The number of ether oxygens (including phenoxy) is 1. The molecule has 0 saturated carbocycles. The van der Waals surface area contributed by atoms with Crippen LogP contribution in [0, 0.1) is 0 Å². The van der Waals surface area contributed by atoms with Crippen LogP contribution in [0.4, 0.5) is 5.82 Å². The summed E-state index contributed by atoms with van der Waals surface area (Å²) in [7, 11) is 1.91. The number of nitrogens with one attached hydrogen (secondary N) is 1. The molecule has 0 radical (unpaired) electrons. The molecule has 17 heavy (non-hydrogen) atoms. The van der Waals surface area contributed by atoms with Gasteiger partial charge in [-0.3, -0.25) is 4.68 Å². The molecule has 1 aromatic heterocycles. The van der Waals surface area contributed by atoms with Gasteiger partial charge in [-0.25, -0.2) is 0 Å². The van der Waals surface area contributed by atoms with Crippen molar-refractivity contribution in [3.63, 3.8) is 0 Å². The van der Waals surface area contributed by atoms with Gasteiger partial charge in [0.25, 0.3) is 0 Å². The van der Waals surface area contributed by atoms with Gasteiger partial charge in [-0.05, 0) is 11.6 Å². The van der Waals surface area contributed by atoms with E-state index in [4.69, 9.17) is 4.74 Å². The number of rotatable bonds is 3. The summed E-state index contributed by atoms with van der Waals surface area (Å²) in [5.41, 5.74) is 1.29. The summed E-state index contributed by atoms with van der Waals surface area (Å²) < 4.78 is 7.62. The maximum absolute atomic E-state index is 5.84. The number of hydrogen-bond acceptors (Lipinski definition) is 3. The average molecular weight is 229 g/mol. The van der Waals surface area contributed by atoms with E-state index in [-0.39, 0.29) is 6.10 Å². The molecule has 0 amide bonds. The van der Waals surface area contributed by atoms with Crippen LogP contribution in [0.3, 0.4) is 0 Å². The van der Waals surface area contributed by atoms with Gasteiger partial charge in [0, 0.05) is 25.7 Å². The molecular weight excluding hydrogens is 214 g/mol. The van der Waals surface area contributed by atoms with Gasteiger partial charge in [0.2, 0.25) is 0 Å². The second-order valence-corrected chi connectivity index (χ2v) is 4.31. The van der Waals surface area contributed by atoms with E-state index in [1.165, 1.54) is 5.56 Å². The van der Waals surface area contributed by atoms with Gasteiger partial charge in [-0.15, -0.1) is 0 Å². The molecule has 4 nitrogen and oxygen atoms in total. The van der Waals surface area contributed by atoms with Crippen LogP contribution in [0.5, 0.6) is 5.75 Å². The third-order valence-electron chi connectivity index (χ3n) is 2.94. The Labute approximate surface area is 100 Å². The predicted octanol–water partition coefficient (Wildman–Crippen LogP) is 1.84. The molecule has 1 unspecified atom stereocenters. The lowest BCUT2D eigenvalue weighted by molar-refractivity contribution is 0.246. The predicted molar refractivity (Wildman–Crippen MR) is 66.3 cm³/mol. The van der Waals surface area contributed by atoms with Crippen molar-refractivity contribution in [1.29, 1.82) is 0 Å². The normalized spacial score (nSPS) is 17.6. The molecule has 88 valence electrons. The highest BCUT2D eigenvalue weighted by atomic mass is 16.5. The van der Waals surface area contributed by atoms with E-state index in [9.17, 15) is 0 Å². The third kappa shape index (κ3) is 2.11. The Morgan fingerprint density at radius 3 is 3.06 bits per heavy atom. The number of aryl methyl sites for hydroxylation is 1. The molecule has 0 fully saturated rings. The Bertz CT molecular complexity index is 496. The molecule has 1 aliphatic rings. The number of aromatic nitrogens is 2. The van der Waals surface area contributed by atoms with Crippen LogP contribution in [0.15, 0.2) is 36.5 Å². The lowest BCUT2D eigenvalue weighted by Crippen LogP contribution is -2.24. The van der Waals surface area contributed by atoms with E-state index in [1.54, 1.807) is 4.68 Å².